The minimum Gasteiger partial charge on any atom is -0.467 e. The Hall–Kier alpha value is -2.55. The number of hydrogen-bond acceptors (Lipinski definition) is 6. The summed E-state index contributed by atoms with van der Waals surface area (Å²) in [6.07, 6.45) is 8.19. The van der Waals surface area contributed by atoms with Gasteiger partial charge in [0, 0.05) is 31.1 Å². The van der Waals surface area contributed by atoms with Gasteiger partial charge in [0.1, 0.15) is 12.1 Å². The van der Waals surface area contributed by atoms with Crippen molar-refractivity contribution in [3.63, 3.8) is 0 Å². The molecule has 0 aliphatic carbocycles. The Labute approximate surface area is 162 Å². The monoisotopic (exact) mass is 389 g/mol. The van der Waals surface area contributed by atoms with Gasteiger partial charge >= 0.3 is 12.0 Å². The van der Waals surface area contributed by atoms with Gasteiger partial charge in [-0.15, -0.1) is 0 Å². The van der Waals surface area contributed by atoms with Crippen molar-refractivity contribution >= 4 is 23.8 Å². The number of fused-ring (bicyclic) bond motifs is 1. The summed E-state index contributed by atoms with van der Waals surface area (Å²) >= 11 is 1.62. The number of aromatic nitrogens is 3. The Morgan fingerprint density at radius 2 is 2.22 bits per heavy atom. The second kappa shape index (κ2) is 8.90. The van der Waals surface area contributed by atoms with E-state index >= 15 is 0 Å². The van der Waals surface area contributed by atoms with Crippen LogP contribution in [0.3, 0.4) is 0 Å². The van der Waals surface area contributed by atoms with Crippen LogP contribution in [0.2, 0.25) is 0 Å². The number of hydrogen-bond donors (Lipinski definition) is 2. The molecular weight excluding hydrogens is 366 g/mol. The van der Waals surface area contributed by atoms with Gasteiger partial charge in [-0.25, -0.2) is 14.6 Å². The highest BCUT2D eigenvalue weighted by Crippen LogP contribution is 2.33. The number of carbonyl (C=O) groups excluding carboxylic acids is 2. The third-order valence-electron chi connectivity index (χ3n) is 4.60. The number of esters is 1. The van der Waals surface area contributed by atoms with Gasteiger partial charge in [-0.3, -0.25) is 4.98 Å². The van der Waals surface area contributed by atoms with Crippen LogP contribution in [0.5, 0.6) is 0 Å². The van der Waals surface area contributed by atoms with Gasteiger partial charge in [-0.2, -0.15) is 11.8 Å². The van der Waals surface area contributed by atoms with Crippen LogP contribution in [0.25, 0.3) is 0 Å². The van der Waals surface area contributed by atoms with Gasteiger partial charge in [0.25, 0.3) is 0 Å². The number of aromatic amines is 1. The lowest BCUT2D eigenvalue weighted by molar-refractivity contribution is -0.142. The lowest BCUT2D eigenvalue weighted by atomic mass is 9.97. The molecule has 1 aliphatic rings. The zero-order chi connectivity index (χ0) is 19.2. The molecular formula is C18H23N5O3S. The van der Waals surface area contributed by atoms with E-state index in [0.29, 0.717) is 19.4 Å². The van der Waals surface area contributed by atoms with Crippen molar-refractivity contribution in [2.24, 2.45) is 0 Å². The third-order valence-corrected chi connectivity index (χ3v) is 5.25. The summed E-state index contributed by atoms with van der Waals surface area (Å²) in [5, 5.41) is 2.84. The molecule has 0 saturated carbocycles. The van der Waals surface area contributed by atoms with Gasteiger partial charge in [-0.05, 0) is 36.1 Å². The lowest BCUT2D eigenvalue weighted by Crippen LogP contribution is -2.51. The molecule has 8 nitrogen and oxygen atoms in total. The number of ether oxygens (including phenoxy) is 1. The van der Waals surface area contributed by atoms with E-state index < -0.39 is 12.0 Å². The molecule has 2 N–H and O–H groups in total. The first kappa shape index (κ1) is 19.2. The Balaban J connectivity index is 1.85. The molecule has 0 radical (unpaired) electrons. The predicted octanol–water partition coefficient (Wildman–Crippen LogP) is 1.76. The number of amides is 2. The summed E-state index contributed by atoms with van der Waals surface area (Å²) in [7, 11) is 1.33. The molecule has 3 heterocycles. The van der Waals surface area contributed by atoms with E-state index in [4.69, 9.17) is 4.74 Å². The van der Waals surface area contributed by atoms with E-state index in [0.717, 1.165) is 22.7 Å². The largest absolute Gasteiger partial charge is 0.467 e. The molecule has 2 aromatic heterocycles. The van der Waals surface area contributed by atoms with Crippen LogP contribution >= 0.6 is 11.8 Å². The summed E-state index contributed by atoms with van der Waals surface area (Å²) in [5.74, 6) is 0.312. The third kappa shape index (κ3) is 4.24. The first-order valence-corrected chi connectivity index (χ1v) is 10.1. The molecule has 0 bridgehead atoms. The van der Waals surface area contributed by atoms with Crippen LogP contribution in [-0.2, 0) is 16.0 Å². The van der Waals surface area contributed by atoms with Gasteiger partial charge in [0.15, 0.2) is 0 Å². The van der Waals surface area contributed by atoms with Crippen LogP contribution < -0.4 is 5.32 Å². The second-order valence-corrected chi connectivity index (χ2v) is 7.19. The van der Waals surface area contributed by atoms with Crippen molar-refractivity contribution in [3.8, 4) is 0 Å². The molecule has 1 aliphatic heterocycles. The Bertz CT molecular complexity index is 782. The summed E-state index contributed by atoms with van der Waals surface area (Å²) < 4.78 is 4.85. The molecule has 27 heavy (non-hydrogen) atoms. The van der Waals surface area contributed by atoms with Crippen molar-refractivity contribution in [1.29, 1.82) is 0 Å². The molecule has 0 spiro atoms. The highest BCUT2D eigenvalue weighted by molar-refractivity contribution is 7.98. The minimum atomic E-state index is -0.673. The summed E-state index contributed by atoms with van der Waals surface area (Å²) in [4.78, 5) is 38.5. The fourth-order valence-electron chi connectivity index (χ4n) is 3.24. The molecule has 0 saturated heterocycles. The van der Waals surface area contributed by atoms with Gasteiger partial charge in [0.05, 0.1) is 19.1 Å². The standard InChI is InChI=1S/C18H23N5O3S/c1-26-17(24)14(6-10-27-2)22-18(25)23-9-5-13-15(21-11-20-13)16(23)12-3-7-19-8-4-12/h3-4,7-8,11,14,16H,5-6,9-10H2,1-2H3,(H,20,21)(H,22,25)/t14-,16?/m0/s1. The van der Waals surface area contributed by atoms with E-state index in [1.165, 1.54) is 7.11 Å². The maximum atomic E-state index is 13.1. The van der Waals surface area contributed by atoms with Crippen LogP contribution in [0.1, 0.15) is 29.4 Å². The van der Waals surface area contributed by atoms with Crippen molar-refractivity contribution in [2.75, 3.05) is 25.7 Å². The molecule has 2 aromatic rings. The molecule has 2 amide bonds. The van der Waals surface area contributed by atoms with Crippen LogP contribution in [0.4, 0.5) is 4.79 Å². The van der Waals surface area contributed by atoms with E-state index in [2.05, 4.69) is 20.3 Å². The Kier molecular flexibility index (Phi) is 6.33. The van der Waals surface area contributed by atoms with Crippen LogP contribution in [0, 0.1) is 0 Å². The van der Waals surface area contributed by atoms with E-state index in [1.54, 1.807) is 35.4 Å². The van der Waals surface area contributed by atoms with Crippen molar-refractivity contribution in [2.45, 2.75) is 24.9 Å². The number of urea groups is 1. The molecule has 2 atom stereocenters. The quantitative estimate of drug-likeness (QED) is 0.730. The number of methoxy groups -OCH3 is 1. The Morgan fingerprint density at radius 1 is 1.44 bits per heavy atom. The maximum Gasteiger partial charge on any atom is 0.328 e. The van der Waals surface area contributed by atoms with Crippen molar-refractivity contribution in [1.82, 2.24) is 25.2 Å². The van der Waals surface area contributed by atoms with Gasteiger partial charge in [-0.1, -0.05) is 0 Å². The lowest BCUT2D eigenvalue weighted by Gasteiger charge is -2.36. The number of rotatable bonds is 6. The fourth-order valence-corrected chi connectivity index (χ4v) is 3.71. The average Bonchev–Trinajstić information content (AvgIpc) is 3.19. The van der Waals surface area contributed by atoms with E-state index in [1.807, 2.05) is 18.4 Å². The smallest absolute Gasteiger partial charge is 0.328 e. The molecule has 0 aromatic carbocycles. The first-order valence-electron chi connectivity index (χ1n) is 8.71. The predicted molar refractivity (Wildman–Crippen MR) is 102 cm³/mol. The normalized spacial score (nSPS) is 17.1. The van der Waals surface area contributed by atoms with E-state index in [9.17, 15) is 9.59 Å². The van der Waals surface area contributed by atoms with Crippen molar-refractivity contribution < 1.29 is 14.3 Å². The number of pyridine rings is 1. The minimum absolute atomic E-state index is 0.304. The van der Waals surface area contributed by atoms with Gasteiger partial charge < -0.3 is 19.9 Å². The van der Waals surface area contributed by atoms with Gasteiger partial charge in [0.2, 0.25) is 0 Å². The summed E-state index contributed by atoms with van der Waals surface area (Å²) in [6, 6.07) is 2.44. The number of thioether (sulfide) groups is 1. The topological polar surface area (TPSA) is 100 Å². The fraction of sp³-hybridized carbons (Fsp3) is 0.444. The zero-order valence-electron chi connectivity index (χ0n) is 15.3. The number of imidazole rings is 1. The number of nitrogens with one attached hydrogen (secondary N) is 2. The van der Waals surface area contributed by atoms with Crippen LogP contribution in [0.15, 0.2) is 30.9 Å². The maximum absolute atomic E-state index is 13.1. The summed E-state index contributed by atoms with van der Waals surface area (Å²) in [5.41, 5.74) is 2.76. The average molecular weight is 389 g/mol. The molecule has 0 fully saturated rings. The number of H-pyrrole nitrogens is 1. The molecule has 1 unspecified atom stereocenters. The molecule has 9 heteroatoms. The van der Waals surface area contributed by atoms with E-state index in [-0.39, 0.29) is 12.1 Å². The first-order chi connectivity index (χ1) is 13.2. The molecule has 144 valence electrons. The zero-order valence-corrected chi connectivity index (χ0v) is 16.2. The summed E-state index contributed by atoms with van der Waals surface area (Å²) in [6.45, 7) is 0.518. The number of nitrogens with zero attached hydrogens (tertiary/aromatic N) is 3. The highest BCUT2D eigenvalue weighted by Gasteiger charge is 2.35. The number of carbonyl (C=O) groups is 2. The molecule has 3 rings (SSSR count). The van der Waals surface area contributed by atoms with Crippen molar-refractivity contribution in [3.05, 3.63) is 47.8 Å². The SMILES string of the molecule is COC(=O)[C@H](CCSC)NC(=O)N1CCc2[nH]cnc2C1c1ccncc1. The second-order valence-electron chi connectivity index (χ2n) is 6.20. The Morgan fingerprint density at radius 3 is 2.93 bits per heavy atom. The van der Waals surface area contributed by atoms with Crippen LogP contribution in [-0.4, -0.2) is 63.6 Å². The highest BCUT2D eigenvalue weighted by atomic mass is 32.2.